The van der Waals surface area contributed by atoms with Crippen LogP contribution in [-0.2, 0) is 19.1 Å². The van der Waals surface area contributed by atoms with Crippen LogP contribution in [0.1, 0.15) is 24.2 Å². The molecular formula is C15H16ClNO5. The van der Waals surface area contributed by atoms with Gasteiger partial charge in [-0.2, -0.15) is 0 Å². The van der Waals surface area contributed by atoms with E-state index in [0.29, 0.717) is 5.69 Å². The number of benzene rings is 1. The van der Waals surface area contributed by atoms with Crippen LogP contribution in [0.15, 0.2) is 30.0 Å². The lowest BCUT2D eigenvalue weighted by molar-refractivity contribution is -0.137. The Kier molecular flexibility index (Phi) is 6.59. The van der Waals surface area contributed by atoms with Gasteiger partial charge >= 0.3 is 11.9 Å². The van der Waals surface area contributed by atoms with Gasteiger partial charge in [0, 0.05) is 6.20 Å². The predicted molar refractivity (Wildman–Crippen MR) is 81.8 cm³/mol. The minimum absolute atomic E-state index is 0.130. The van der Waals surface area contributed by atoms with Crippen LogP contribution in [0.25, 0.3) is 0 Å². The van der Waals surface area contributed by atoms with Crippen molar-refractivity contribution in [2.24, 2.45) is 0 Å². The van der Waals surface area contributed by atoms with Gasteiger partial charge in [-0.05, 0) is 26.0 Å². The quantitative estimate of drug-likeness (QED) is 0.375. The van der Waals surface area contributed by atoms with Gasteiger partial charge < -0.3 is 14.8 Å². The summed E-state index contributed by atoms with van der Waals surface area (Å²) in [5.74, 6) is -1.78. The molecule has 0 heterocycles. The van der Waals surface area contributed by atoms with Gasteiger partial charge in [-0.25, -0.2) is 9.59 Å². The van der Waals surface area contributed by atoms with Crippen LogP contribution in [0.4, 0.5) is 5.69 Å². The molecule has 0 aliphatic carbocycles. The van der Waals surface area contributed by atoms with E-state index in [1.807, 2.05) is 0 Å². The first-order valence-corrected chi connectivity index (χ1v) is 6.81. The minimum Gasteiger partial charge on any atom is -0.465 e. The summed E-state index contributed by atoms with van der Waals surface area (Å²) in [7, 11) is 1.17. The highest BCUT2D eigenvalue weighted by atomic mass is 35.5. The van der Waals surface area contributed by atoms with Crippen LogP contribution < -0.4 is 5.32 Å². The molecule has 1 N–H and O–H groups in total. The lowest BCUT2D eigenvalue weighted by Crippen LogP contribution is -2.13. The molecule has 0 atom stereocenters. The Morgan fingerprint density at radius 1 is 1.32 bits per heavy atom. The highest BCUT2D eigenvalue weighted by molar-refractivity contribution is 6.36. The average molecular weight is 326 g/mol. The second kappa shape index (κ2) is 8.19. The topological polar surface area (TPSA) is 81.7 Å². The molecule has 118 valence electrons. The first kappa shape index (κ1) is 17.7. The summed E-state index contributed by atoms with van der Waals surface area (Å²) in [4.78, 5) is 34.6. The zero-order valence-corrected chi connectivity index (χ0v) is 13.2. The molecule has 0 bridgehead atoms. The molecule has 0 aromatic heterocycles. The molecule has 1 aromatic carbocycles. The van der Waals surface area contributed by atoms with E-state index in [1.165, 1.54) is 26.3 Å². The maximum absolute atomic E-state index is 11.7. The van der Waals surface area contributed by atoms with Gasteiger partial charge in [0.2, 0.25) is 0 Å². The number of ketones is 1. The van der Waals surface area contributed by atoms with Crippen LogP contribution in [-0.4, -0.2) is 31.4 Å². The number of Topliss-reactive ketones (excluding diaryl/α,β-unsaturated/α-hetero) is 1. The molecule has 0 aliphatic heterocycles. The van der Waals surface area contributed by atoms with Crippen LogP contribution >= 0.6 is 11.6 Å². The van der Waals surface area contributed by atoms with Crippen molar-refractivity contribution in [2.75, 3.05) is 19.0 Å². The van der Waals surface area contributed by atoms with E-state index < -0.39 is 17.7 Å². The highest BCUT2D eigenvalue weighted by Gasteiger charge is 2.16. The molecule has 0 amide bonds. The fourth-order valence-electron chi connectivity index (χ4n) is 1.57. The number of rotatable bonds is 6. The summed E-state index contributed by atoms with van der Waals surface area (Å²) in [6, 6.07) is 4.71. The maximum Gasteiger partial charge on any atom is 0.342 e. The molecule has 0 fully saturated rings. The number of halogens is 1. The number of ether oxygens (including phenoxy) is 2. The van der Waals surface area contributed by atoms with Crippen molar-refractivity contribution >= 4 is 35.0 Å². The molecule has 0 aliphatic rings. The van der Waals surface area contributed by atoms with E-state index in [1.54, 1.807) is 19.1 Å². The predicted octanol–water partition coefficient (Wildman–Crippen LogP) is 2.57. The molecule has 0 saturated carbocycles. The number of nitrogens with one attached hydrogen (secondary N) is 1. The van der Waals surface area contributed by atoms with Gasteiger partial charge in [0.15, 0.2) is 5.78 Å². The van der Waals surface area contributed by atoms with Crippen molar-refractivity contribution in [1.82, 2.24) is 0 Å². The van der Waals surface area contributed by atoms with Gasteiger partial charge in [0.1, 0.15) is 5.57 Å². The molecule has 6 nitrogen and oxygen atoms in total. The van der Waals surface area contributed by atoms with Gasteiger partial charge in [-0.15, -0.1) is 0 Å². The van der Waals surface area contributed by atoms with Crippen molar-refractivity contribution < 1.29 is 23.9 Å². The Morgan fingerprint density at radius 2 is 2.00 bits per heavy atom. The fourth-order valence-corrected chi connectivity index (χ4v) is 1.83. The van der Waals surface area contributed by atoms with Crippen molar-refractivity contribution in [1.29, 1.82) is 0 Å². The number of hydrogen-bond acceptors (Lipinski definition) is 6. The van der Waals surface area contributed by atoms with Gasteiger partial charge in [-0.1, -0.05) is 17.7 Å². The van der Waals surface area contributed by atoms with Gasteiger partial charge in [0.05, 0.1) is 30.0 Å². The Hall–Kier alpha value is -2.34. The van der Waals surface area contributed by atoms with E-state index >= 15 is 0 Å². The smallest absolute Gasteiger partial charge is 0.342 e. The van der Waals surface area contributed by atoms with E-state index in [4.69, 9.17) is 16.3 Å². The maximum atomic E-state index is 11.7. The lowest BCUT2D eigenvalue weighted by atomic mass is 10.2. The van der Waals surface area contributed by atoms with Crippen LogP contribution in [0.3, 0.4) is 0 Å². The number of methoxy groups -OCH3 is 1. The van der Waals surface area contributed by atoms with Gasteiger partial charge in [0.25, 0.3) is 0 Å². The Balaban J connectivity index is 3.08. The van der Waals surface area contributed by atoms with Crippen molar-refractivity contribution in [2.45, 2.75) is 13.8 Å². The van der Waals surface area contributed by atoms with Crippen molar-refractivity contribution in [3.05, 3.63) is 40.6 Å². The summed E-state index contributed by atoms with van der Waals surface area (Å²) in [6.45, 7) is 3.15. The second-order valence-corrected chi connectivity index (χ2v) is 4.52. The molecule has 0 spiro atoms. The Labute approximate surface area is 133 Å². The van der Waals surface area contributed by atoms with E-state index in [2.05, 4.69) is 10.1 Å². The zero-order chi connectivity index (χ0) is 16.7. The molecule has 1 aromatic rings. The van der Waals surface area contributed by atoms with Crippen LogP contribution in [0.5, 0.6) is 0 Å². The zero-order valence-electron chi connectivity index (χ0n) is 12.4. The molecule has 1 rings (SSSR count). The van der Waals surface area contributed by atoms with Gasteiger partial charge in [-0.3, -0.25) is 4.79 Å². The summed E-state index contributed by atoms with van der Waals surface area (Å²) in [5, 5.41) is 2.85. The third-order valence-electron chi connectivity index (χ3n) is 2.65. The lowest BCUT2D eigenvalue weighted by Gasteiger charge is -2.09. The number of hydrogen-bond donors (Lipinski definition) is 1. The van der Waals surface area contributed by atoms with E-state index in [9.17, 15) is 14.4 Å². The fraction of sp³-hybridized carbons (Fsp3) is 0.267. The van der Waals surface area contributed by atoms with Crippen LogP contribution in [0, 0.1) is 0 Å². The third-order valence-corrected chi connectivity index (χ3v) is 3.06. The largest absolute Gasteiger partial charge is 0.465 e. The molecule has 22 heavy (non-hydrogen) atoms. The minimum atomic E-state index is -0.766. The number of anilines is 1. The summed E-state index contributed by atoms with van der Waals surface area (Å²) in [5.41, 5.74) is 0.374. The average Bonchev–Trinajstić information content (AvgIpc) is 2.48. The molecule has 0 saturated heterocycles. The Morgan fingerprint density at radius 3 is 2.55 bits per heavy atom. The third kappa shape index (κ3) is 4.33. The normalized spacial score (nSPS) is 10.8. The summed E-state index contributed by atoms with van der Waals surface area (Å²) >= 11 is 6.12. The highest BCUT2D eigenvalue weighted by Crippen LogP contribution is 2.26. The van der Waals surface area contributed by atoms with E-state index in [0.717, 1.165) is 0 Å². The standard InChI is InChI=1S/C15H16ClNO5/c1-4-22-15(20)10-6-5-7-12(13(10)16)17-8-11(9(2)18)14(19)21-3/h5-8,17H,4H2,1-3H3. The van der Waals surface area contributed by atoms with Crippen molar-refractivity contribution in [3.8, 4) is 0 Å². The molecule has 0 unspecified atom stereocenters. The first-order chi connectivity index (χ1) is 10.4. The number of carbonyl (C=O) groups excluding carboxylic acids is 3. The first-order valence-electron chi connectivity index (χ1n) is 6.44. The Bertz CT molecular complexity index is 624. The van der Waals surface area contributed by atoms with Crippen LogP contribution in [0.2, 0.25) is 5.02 Å². The number of carbonyl (C=O) groups is 3. The SMILES string of the molecule is CCOC(=O)c1cccc(NC=C(C(C)=O)C(=O)OC)c1Cl. The molecule has 7 heteroatoms. The number of esters is 2. The monoisotopic (exact) mass is 325 g/mol. The summed E-state index contributed by atoms with van der Waals surface area (Å²) in [6.07, 6.45) is 1.18. The second-order valence-electron chi connectivity index (χ2n) is 4.14. The molecule has 0 radical (unpaired) electrons. The summed E-state index contributed by atoms with van der Waals surface area (Å²) < 4.78 is 9.40. The molecular weight excluding hydrogens is 310 g/mol. The van der Waals surface area contributed by atoms with E-state index in [-0.39, 0.29) is 22.8 Å². The van der Waals surface area contributed by atoms with Crippen molar-refractivity contribution in [3.63, 3.8) is 0 Å².